The Morgan fingerprint density at radius 3 is 1.54 bits per heavy atom. The maximum atomic E-state index is 12.1. The molecule has 3 heteroatoms. The molecule has 1 heterocycles. The molecule has 28 heavy (non-hydrogen) atoms. The molecule has 1 saturated heterocycles. The number of amides is 1. The molecule has 166 valence electrons. The summed E-state index contributed by atoms with van der Waals surface area (Å²) in [7, 11) is 0. The molecule has 2 unspecified atom stereocenters. The molecule has 2 atom stereocenters. The summed E-state index contributed by atoms with van der Waals surface area (Å²) < 4.78 is 0. The number of hydrogen-bond donors (Lipinski definition) is 1. The van der Waals surface area contributed by atoms with Gasteiger partial charge in [0.25, 0.3) is 0 Å². The van der Waals surface area contributed by atoms with Crippen LogP contribution in [0.3, 0.4) is 0 Å². The highest BCUT2D eigenvalue weighted by atomic mass is 16.2. The van der Waals surface area contributed by atoms with Crippen LogP contribution >= 0.6 is 0 Å². The summed E-state index contributed by atoms with van der Waals surface area (Å²) in [5.74, 6) is 1.60. The summed E-state index contributed by atoms with van der Waals surface area (Å²) in [6.07, 6.45) is 22.5. The first-order valence-electron chi connectivity index (χ1n) is 12.7. The molecule has 1 amide bonds. The van der Waals surface area contributed by atoms with Crippen LogP contribution in [0.2, 0.25) is 0 Å². The standard InChI is InChI=1S/C25H50N2O/c1-4-5-6-7-8-9-10-11-12-13-14-15-16-17-18-19-25(28)26-27-21-23(2)20-24(3)22-27/h23-24H,4-22H2,1-3H3,(H,26,28). The molecule has 0 aromatic rings. The Hall–Kier alpha value is -0.570. The zero-order valence-electron chi connectivity index (χ0n) is 19.4. The number of unbranched alkanes of at least 4 members (excludes halogenated alkanes) is 14. The second-order valence-corrected chi connectivity index (χ2v) is 9.59. The van der Waals surface area contributed by atoms with Gasteiger partial charge in [-0.05, 0) is 24.7 Å². The molecule has 1 rings (SSSR count). The van der Waals surface area contributed by atoms with E-state index in [1.54, 1.807) is 0 Å². The minimum atomic E-state index is 0.219. The fourth-order valence-corrected chi connectivity index (χ4v) is 4.64. The minimum Gasteiger partial charge on any atom is -0.289 e. The van der Waals surface area contributed by atoms with Gasteiger partial charge in [0.15, 0.2) is 0 Å². The second kappa shape index (κ2) is 17.3. The Morgan fingerprint density at radius 2 is 1.11 bits per heavy atom. The van der Waals surface area contributed by atoms with Gasteiger partial charge < -0.3 is 0 Å². The molecule has 0 bridgehead atoms. The fraction of sp³-hybridized carbons (Fsp3) is 0.960. The lowest BCUT2D eigenvalue weighted by atomic mass is 9.93. The van der Waals surface area contributed by atoms with E-state index in [2.05, 4.69) is 31.2 Å². The van der Waals surface area contributed by atoms with Crippen molar-refractivity contribution in [1.82, 2.24) is 10.4 Å². The van der Waals surface area contributed by atoms with Crippen molar-refractivity contribution in [3.63, 3.8) is 0 Å². The number of hydrazine groups is 1. The Labute approximate surface area is 176 Å². The molecule has 0 aromatic heterocycles. The van der Waals surface area contributed by atoms with Crippen molar-refractivity contribution in [3.05, 3.63) is 0 Å². The van der Waals surface area contributed by atoms with E-state index in [0.717, 1.165) is 19.5 Å². The van der Waals surface area contributed by atoms with Gasteiger partial charge >= 0.3 is 0 Å². The van der Waals surface area contributed by atoms with Crippen molar-refractivity contribution < 1.29 is 4.79 Å². The van der Waals surface area contributed by atoms with Gasteiger partial charge in [0.05, 0.1) is 0 Å². The van der Waals surface area contributed by atoms with Crippen LogP contribution in [-0.2, 0) is 4.79 Å². The highest BCUT2D eigenvalue weighted by Gasteiger charge is 2.22. The van der Waals surface area contributed by atoms with E-state index >= 15 is 0 Å². The van der Waals surface area contributed by atoms with Gasteiger partial charge in [0.2, 0.25) is 5.91 Å². The van der Waals surface area contributed by atoms with Crippen LogP contribution in [0.15, 0.2) is 0 Å². The average Bonchev–Trinajstić information content (AvgIpc) is 2.64. The molecule has 0 aromatic carbocycles. The number of piperidine rings is 1. The summed E-state index contributed by atoms with van der Waals surface area (Å²) in [4.78, 5) is 12.1. The zero-order valence-corrected chi connectivity index (χ0v) is 19.4. The number of hydrogen-bond acceptors (Lipinski definition) is 2. The van der Waals surface area contributed by atoms with Gasteiger partial charge in [-0.2, -0.15) is 0 Å². The van der Waals surface area contributed by atoms with E-state index in [-0.39, 0.29) is 5.91 Å². The molecule has 1 aliphatic heterocycles. The van der Waals surface area contributed by atoms with Crippen LogP contribution in [0.25, 0.3) is 0 Å². The largest absolute Gasteiger partial charge is 0.289 e. The topological polar surface area (TPSA) is 32.3 Å². The number of nitrogens with zero attached hydrogens (tertiary/aromatic N) is 1. The number of rotatable bonds is 17. The van der Waals surface area contributed by atoms with Crippen molar-refractivity contribution in [2.75, 3.05) is 13.1 Å². The van der Waals surface area contributed by atoms with E-state index in [4.69, 9.17) is 0 Å². The molecule has 0 saturated carbocycles. The summed E-state index contributed by atoms with van der Waals surface area (Å²) in [5, 5.41) is 2.15. The van der Waals surface area contributed by atoms with Crippen LogP contribution in [0.4, 0.5) is 0 Å². The summed E-state index contributed by atoms with van der Waals surface area (Å²) >= 11 is 0. The van der Waals surface area contributed by atoms with Gasteiger partial charge in [0.1, 0.15) is 0 Å². The van der Waals surface area contributed by atoms with Crippen LogP contribution in [0.5, 0.6) is 0 Å². The Balaban J connectivity index is 1.81. The van der Waals surface area contributed by atoms with Crippen molar-refractivity contribution in [2.24, 2.45) is 11.8 Å². The van der Waals surface area contributed by atoms with Gasteiger partial charge in [-0.1, -0.05) is 111 Å². The van der Waals surface area contributed by atoms with Gasteiger partial charge in [0, 0.05) is 19.5 Å². The Kier molecular flexibility index (Phi) is 15.7. The molecule has 1 N–H and O–H groups in total. The lowest BCUT2D eigenvalue weighted by Crippen LogP contribution is -2.49. The highest BCUT2D eigenvalue weighted by Crippen LogP contribution is 2.19. The van der Waals surface area contributed by atoms with E-state index in [9.17, 15) is 4.79 Å². The summed E-state index contributed by atoms with van der Waals surface area (Å²) in [5.41, 5.74) is 3.12. The van der Waals surface area contributed by atoms with E-state index in [1.807, 2.05) is 0 Å². The minimum absolute atomic E-state index is 0.219. The Morgan fingerprint density at radius 1 is 0.714 bits per heavy atom. The maximum absolute atomic E-state index is 12.1. The second-order valence-electron chi connectivity index (χ2n) is 9.59. The normalized spacial score (nSPS) is 20.4. The molecule has 3 nitrogen and oxygen atoms in total. The number of carbonyl (C=O) groups is 1. The Bertz CT molecular complexity index is 362. The molecular formula is C25H50N2O. The van der Waals surface area contributed by atoms with Crippen molar-refractivity contribution in [2.45, 2.75) is 130 Å². The van der Waals surface area contributed by atoms with E-state index < -0.39 is 0 Å². The van der Waals surface area contributed by atoms with Crippen molar-refractivity contribution in [3.8, 4) is 0 Å². The van der Waals surface area contributed by atoms with E-state index in [0.29, 0.717) is 18.3 Å². The fourth-order valence-electron chi connectivity index (χ4n) is 4.64. The highest BCUT2D eigenvalue weighted by molar-refractivity contribution is 5.75. The summed E-state index contributed by atoms with van der Waals surface area (Å²) in [6.45, 7) is 8.87. The molecule has 1 aliphatic rings. The predicted octanol–water partition coefficient (Wildman–Crippen LogP) is 7.26. The van der Waals surface area contributed by atoms with Crippen LogP contribution in [0, 0.1) is 11.8 Å². The predicted molar refractivity (Wildman–Crippen MR) is 122 cm³/mol. The van der Waals surface area contributed by atoms with E-state index in [1.165, 1.54) is 96.3 Å². The van der Waals surface area contributed by atoms with Crippen LogP contribution in [-0.4, -0.2) is 24.0 Å². The number of carbonyl (C=O) groups excluding carboxylic acids is 1. The lowest BCUT2D eigenvalue weighted by Gasteiger charge is -2.34. The first-order chi connectivity index (χ1) is 13.6. The van der Waals surface area contributed by atoms with Gasteiger partial charge in [-0.15, -0.1) is 0 Å². The quantitative estimate of drug-likeness (QED) is 0.263. The first kappa shape index (κ1) is 25.5. The maximum Gasteiger partial charge on any atom is 0.234 e. The average molecular weight is 395 g/mol. The number of nitrogens with one attached hydrogen (secondary N) is 1. The van der Waals surface area contributed by atoms with Crippen molar-refractivity contribution in [1.29, 1.82) is 0 Å². The summed E-state index contributed by atoms with van der Waals surface area (Å²) in [6, 6.07) is 0. The molecule has 0 aliphatic carbocycles. The smallest absolute Gasteiger partial charge is 0.234 e. The molecule has 1 fully saturated rings. The third-order valence-corrected chi connectivity index (χ3v) is 6.16. The van der Waals surface area contributed by atoms with Gasteiger partial charge in [-0.25, -0.2) is 5.01 Å². The monoisotopic (exact) mass is 394 g/mol. The molecule has 0 spiro atoms. The molecular weight excluding hydrogens is 344 g/mol. The van der Waals surface area contributed by atoms with Crippen LogP contribution < -0.4 is 5.43 Å². The van der Waals surface area contributed by atoms with Crippen LogP contribution in [0.1, 0.15) is 130 Å². The SMILES string of the molecule is CCCCCCCCCCCCCCCCCC(=O)NN1CC(C)CC(C)C1. The van der Waals surface area contributed by atoms with Gasteiger partial charge in [-0.3, -0.25) is 10.2 Å². The zero-order chi connectivity index (χ0) is 20.5. The third kappa shape index (κ3) is 14.4. The third-order valence-electron chi connectivity index (χ3n) is 6.16. The first-order valence-corrected chi connectivity index (χ1v) is 12.7. The lowest BCUT2D eigenvalue weighted by molar-refractivity contribution is -0.127. The molecule has 0 radical (unpaired) electrons. The van der Waals surface area contributed by atoms with Crippen molar-refractivity contribution >= 4 is 5.91 Å².